The molecule has 1 aromatic heterocycles. The van der Waals surface area contributed by atoms with E-state index in [1.165, 1.54) is 12.8 Å². The highest BCUT2D eigenvalue weighted by molar-refractivity contribution is 5.29. The average Bonchev–Trinajstić information content (AvgIpc) is 2.37. The fourth-order valence-electron chi connectivity index (χ4n) is 2.19. The zero-order valence-corrected chi connectivity index (χ0v) is 11.7. The van der Waals surface area contributed by atoms with E-state index in [1.54, 1.807) is 0 Å². The van der Waals surface area contributed by atoms with Crippen LogP contribution in [-0.2, 0) is 0 Å². The van der Waals surface area contributed by atoms with E-state index in [1.807, 2.05) is 18.5 Å². The highest BCUT2D eigenvalue weighted by Gasteiger charge is 2.21. The van der Waals surface area contributed by atoms with Gasteiger partial charge in [-0.15, -0.1) is 0 Å². The van der Waals surface area contributed by atoms with Crippen molar-refractivity contribution < 1.29 is 0 Å². The Balaban J connectivity index is 1.78. The number of nitrogens with zero attached hydrogens (tertiary/aromatic N) is 3. The van der Waals surface area contributed by atoms with Crippen LogP contribution in [0.2, 0.25) is 0 Å². The first-order chi connectivity index (χ1) is 8.54. The number of anilines is 1. The number of hydrogen-bond acceptors (Lipinski definition) is 4. The highest BCUT2D eigenvalue weighted by Crippen LogP contribution is 2.17. The second-order valence-electron chi connectivity index (χ2n) is 6.25. The molecule has 0 amide bonds. The van der Waals surface area contributed by atoms with Gasteiger partial charge in [0, 0.05) is 38.1 Å². The summed E-state index contributed by atoms with van der Waals surface area (Å²) >= 11 is 0. The largest absolute Gasteiger partial charge is 0.341 e. The fraction of sp³-hybridized carbons (Fsp3) is 0.714. The normalized spacial score (nSPS) is 18.1. The Kier molecular flexibility index (Phi) is 4.17. The van der Waals surface area contributed by atoms with Crippen LogP contribution in [0.4, 0.5) is 5.95 Å². The lowest BCUT2D eigenvalue weighted by Gasteiger charge is -2.33. The van der Waals surface area contributed by atoms with Gasteiger partial charge in [0.05, 0.1) is 0 Å². The highest BCUT2D eigenvalue weighted by atomic mass is 15.3. The molecule has 1 aliphatic heterocycles. The van der Waals surface area contributed by atoms with Gasteiger partial charge in [-0.2, -0.15) is 0 Å². The van der Waals surface area contributed by atoms with E-state index in [4.69, 9.17) is 0 Å². The SMILES string of the molecule is CC(C)(C)CNC1CCN(c2ncccn2)CC1. The molecule has 0 aliphatic carbocycles. The van der Waals surface area contributed by atoms with Gasteiger partial charge in [-0.3, -0.25) is 0 Å². The predicted octanol–water partition coefficient (Wildman–Crippen LogP) is 2.08. The molecule has 1 fully saturated rings. The molecule has 1 aromatic rings. The lowest BCUT2D eigenvalue weighted by molar-refractivity contribution is 0.323. The van der Waals surface area contributed by atoms with Gasteiger partial charge in [0.15, 0.2) is 0 Å². The van der Waals surface area contributed by atoms with Crippen molar-refractivity contribution >= 4 is 5.95 Å². The second kappa shape index (κ2) is 5.65. The van der Waals surface area contributed by atoms with Crippen LogP contribution in [0.3, 0.4) is 0 Å². The second-order valence-corrected chi connectivity index (χ2v) is 6.25. The molecule has 2 heterocycles. The molecular formula is C14H24N4. The summed E-state index contributed by atoms with van der Waals surface area (Å²) in [6.07, 6.45) is 5.97. The molecule has 0 saturated carbocycles. The van der Waals surface area contributed by atoms with Crippen LogP contribution >= 0.6 is 0 Å². The van der Waals surface area contributed by atoms with Crippen molar-refractivity contribution in [1.82, 2.24) is 15.3 Å². The van der Waals surface area contributed by atoms with Crippen molar-refractivity contribution in [1.29, 1.82) is 0 Å². The van der Waals surface area contributed by atoms with E-state index >= 15 is 0 Å². The van der Waals surface area contributed by atoms with Gasteiger partial charge in [0.2, 0.25) is 5.95 Å². The summed E-state index contributed by atoms with van der Waals surface area (Å²) in [7, 11) is 0. The maximum atomic E-state index is 4.31. The van der Waals surface area contributed by atoms with E-state index in [-0.39, 0.29) is 0 Å². The first kappa shape index (κ1) is 13.3. The third kappa shape index (κ3) is 3.95. The van der Waals surface area contributed by atoms with E-state index < -0.39 is 0 Å². The Bertz CT molecular complexity index is 350. The molecule has 1 saturated heterocycles. The first-order valence-corrected chi connectivity index (χ1v) is 6.80. The molecule has 0 aromatic carbocycles. The first-order valence-electron chi connectivity index (χ1n) is 6.80. The summed E-state index contributed by atoms with van der Waals surface area (Å²) in [5.41, 5.74) is 0.361. The summed E-state index contributed by atoms with van der Waals surface area (Å²) in [5.74, 6) is 0.867. The molecule has 2 rings (SSSR count). The van der Waals surface area contributed by atoms with Crippen molar-refractivity contribution in [3.8, 4) is 0 Å². The fourth-order valence-corrected chi connectivity index (χ4v) is 2.19. The number of nitrogens with one attached hydrogen (secondary N) is 1. The molecule has 4 nitrogen and oxygen atoms in total. The van der Waals surface area contributed by atoms with Crippen molar-refractivity contribution in [2.45, 2.75) is 39.7 Å². The Morgan fingerprint density at radius 2 is 1.83 bits per heavy atom. The van der Waals surface area contributed by atoms with E-state index in [9.17, 15) is 0 Å². The molecule has 1 aliphatic rings. The van der Waals surface area contributed by atoms with Gasteiger partial charge in [0.1, 0.15) is 0 Å². The minimum absolute atomic E-state index is 0.361. The van der Waals surface area contributed by atoms with Crippen LogP contribution < -0.4 is 10.2 Å². The maximum absolute atomic E-state index is 4.31. The van der Waals surface area contributed by atoms with Gasteiger partial charge < -0.3 is 10.2 Å². The Morgan fingerprint density at radius 3 is 2.39 bits per heavy atom. The van der Waals surface area contributed by atoms with Crippen LogP contribution in [0, 0.1) is 5.41 Å². The molecular weight excluding hydrogens is 224 g/mol. The molecule has 18 heavy (non-hydrogen) atoms. The van der Waals surface area contributed by atoms with Crippen LogP contribution in [0.25, 0.3) is 0 Å². The molecule has 100 valence electrons. The Labute approximate surface area is 110 Å². The molecule has 4 heteroatoms. The summed E-state index contributed by atoms with van der Waals surface area (Å²) in [6, 6.07) is 2.51. The zero-order chi connectivity index (χ0) is 13.0. The summed E-state index contributed by atoms with van der Waals surface area (Å²) in [4.78, 5) is 10.9. The Hall–Kier alpha value is -1.16. The minimum Gasteiger partial charge on any atom is -0.341 e. The summed E-state index contributed by atoms with van der Waals surface area (Å²) < 4.78 is 0. The summed E-state index contributed by atoms with van der Waals surface area (Å²) in [6.45, 7) is 9.99. The van der Waals surface area contributed by atoms with Crippen LogP contribution in [0.5, 0.6) is 0 Å². The van der Waals surface area contributed by atoms with Gasteiger partial charge >= 0.3 is 0 Å². The lowest BCUT2D eigenvalue weighted by Crippen LogP contribution is -2.45. The topological polar surface area (TPSA) is 41.0 Å². The average molecular weight is 248 g/mol. The zero-order valence-electron chi connectivity index (χ0n) is 11.7. The number of aromatic nitrogens is 2. The number of rotatable bonds is 3. The minimum atomic E-state index is 0.361. The monoisotopic (exact) mass is 248 g/mol. The summed E-state index contributed by atoms with van der Waals surface area (Å²) in [5, 5.41) is 3.67. The standard InChI is InChI=1S/C14H24N4/c1-14(2,3)11-17-12-5-9-18(10-6-12)13-15-7-4-8-16-13/h4,7-8,12,17H,5-6,9-11H2,1-3H3. The molecule has 0 spiro atoms. The van der Waals surface area contributed by atoms with Crippen molar-refractivity contribution in [3.05, 3.63) is 18.5 Å². The van der Waals surface area contributed by atoms with Gasteiger partial charge in [-0.25, -0.2) is 9.97 Å². The molecule has 0 atom stereocenters. The molecule has 0 radical (unpaired) electrons. The van der Waals surface area contributed by atoms with Crippen LogP contribution in [0.15, 0.2) is 18.5 Å². The number of piperidine rings is 1. The number of hydrogen-bond donors (Lipinski definition) is 1. The predicted molar refractivity (Wildman–Crippen MR) is 74.7 cm³/mol. The third-order valence-corrected chi connectivity index (χ3v) is 3.25. The quantitative estimate of drug-likeness (QED) is 0.889. The molecule has 1 N–H and O–H groups in total. The maximum Gasteiger partial charge on any atom is 0.225 e. The van der Waals surface area contributed by atoms with Crippen LogP contribution in [-0.4, -0.2) is 35.6 Å². The van der Waals surface area contributed by atoms with Crippen molar-refractivity contribution in [3.63, 3.8) is 0 Å². The lowest BCUT2D eigenvalue weighted by atomic mass is 9.95. The molecule has 0 unspecified atom stereocenters. The smallest absolute Gasteiger partial charge is 0.225 e. The molecule has 0 bridgehead atoms. The Morgan fingerprint density at radius 1 is 1.22 bits per heavy atom. The van der Waals surface area contributed by atoms with Crippen molar-refractivity contribution in [2.75, 3.05) is 24.5 Å². The third-order valence-electron chi connectivity index (χ3n) is 3.25. The van der Waals surface area contributed by atoms with E-state index in [0.29, 0.717) is 11.5 Å². The van der Waals surface area contributed by atoms with Gasteiger partial charge in [-0.1, -0.05) is 20.8 Å². The van der Waals surface area contributed by atoms with E-state index in [2.05, 4.69) is 41.0 Å². The van der Waals surface area contributed by atoms with E-state index in [0.717, 1.165) is 25.6 Å². The van der Waals surface area contributed by atoms with Gasteiger partial charge in [0.25, 0.3) is 0 Å². The van der Waals surface area contributed by atoms with Crippen molar-refractivity contribution in [2.24, 2.45) is 5.41 Å². The van der Waals surface area contributed by atoms with Gasteiger partial charge in [-0.05, 0) is 24.3 Å². The van der Waals surface area contributed by atoms with Crippen LogP contribution in [0.1, 0.15) is 33.6 Å².